The minimum atomic E-state index is -3.94. The first-order valence-corrected chi connectivity index (χ1v) is 9.96. The second kappa shape index (κ2) is 7.17. The Morgan fingerprint density at radius 2 is 1.96 bits per heavy atom. The smallest absolute Gasteiger partial charge is 0.297 e. The molecule has 0 spiro atoms. The maximum atomic E-state index is 12.9. The molecule has 0 aliphatic carbocycles. The number of furan rings is 1. The molecule has 140 valence electrons. The summed E-state index contributed by atoms with van der Waals surface area (Å²) < 4.78 is 37.2. The molecule has 1 aromatic heterocycles. The summed E-state index contributed by atoms with van der Waals surface area (Å²) in [5.74, 6) is 1.46. The van der Waals surface area contributed by atoms with E-state index < -0.39 is 16.2 Å². The van der Waals surface area contributed by atoms with Gasteiger partial charge in [0.1, 0.15) is 17.6 Å². The van der Waals surface area contributed by atoms with Crippen LogP contribution in [-0.2, 0) is 20.7 Å². The van der Waals surface area contributed by atoms with Crippen LogP contribution >= 0.6 is 0 Å². The summed E-state index contributed by atoms with van der Waals surface area (Å²) in [7, 11) is -2.05. The molecule has 0 fully saturated rings. The number of benzene rings is 1. The quantitative estimate of drug-likeness (QED) is 0.781. The number of hydrogen-bond donors (Lipinski definition) is 1. The highest BCUT2D eigenvalue weighted by Crippen LogP contribution is 2.36. The molecular weight excluding hydrogens is 352 g/mol. The Hall–Kier alpha value is -2.25. The highest BCUT2D eigenvalue weighted by molar-refractivity contribution is 7.86. The average molecular weight is 376 g/mol. The van der Waals surface area contributed by atoms with Gasteiger partial charge in [-0.1, -0.05) is 24.6 Å². The summed E-state index contributed by atoms with van der Waals surface area (Å²) in [5.41, 5.74) is 2.47. The molecule has 1 aliphatic rings. The van der Waals surface area contributed by atoms with E-state index >= 15 is 0 Å². The number of aryl methyl sites for hydroxylation is 3. The highest BCUT2D eigenvalue weighted by Gasteiger charge is 2.32. The number of nitrogens with zero attached hydrogens (tertiary/aromatic N) is 1. The molecule has 1 aromatic carbocycles. The Morgan fingerprint density at radius 1 is 1.27 bits per heavy atom. The van der Waals surface area contributed by atoms with Crippen LogP contribution in [0.25, 0.3) is 0 Å². The molecule has 1 N–H and O–H groups in total. The number of likely N-dealkylation sites (N-methyl/N-ethyl adjacent to an activating group) is 1. The van der Waals surface area contributed by atoms with Gasteiger partial charge in [-0.3, -0.25) is 4.18 Å². The lowest BCUT2D eigenvalue weighted by atomic mass is 10.1. The first kappa shape index (κ1) is 18.5. The van der Waals surface area contributed by atoms with Crippen LogP contribution in [-0.4, -0.2) is 27.0 Å². The van der Waals surface area contributed by atoms with E-state index in [9.17, 15) is 8.42 Å². The van der Waals surface area contributed by atoms with Gasteiger partial charge in [0.2, 0.25) is 0 Å². The number of hydrogen-bond acceptors (Lipinski definition) is 6. The maximum Gasteiger partial charge on any atom is 0.297 e. The van der Waals surface area contributed by atoms with Gasteiger partial charge in [0.15, 0.2) is 0 Å². The van der Waals surface area contributed by atoms with Crippen molar-refractivity contribution in [1.29, 1.82) is 0 Å². The summed E-state index contributed by atoms with van der Waals surface area (Å²) in [4.78, 5) is 2.07. The molecule has 2 aromatic rings. The summed E-state index contributed by atoms with van der Waals surface area (Å²) in [6, 6.07) is 8.49. The molecule has 1 unspecified atom stereocenters. The van der Waals surface area contributed by atoms with Crippen molar-refractivity contribution in [3.8, 4) is 0 Å². The van der Waals surface area contributed by atoms with Gasteiger partial charge in [-0.25, -0.2) is 0 Å². The van der Waals surface area contributed by atoms with E-state index in [1.54, 1.807) is 30.5 Å². The lowest BCUT2D eigenvalue weighted by Crippen LogP contribution is -2.24. The maximum absolute atomic E-state index is 12.9. The Labute approximate surface area is 154 Å². The summed E-state index contributed by atoms with van der Waals surface area (Å²) in [6.07, 6.45) is 1.67. The fourth-order valence-corrected chi connectivity index (χ4v) is 4.03. The molecule has 2 heterocycles. The van der Waals surface area contributed by atoms with Crippen molar-refractivity contribution in [2.45, 2.75) is 38.2 Å². The van der Waals surface area contributed by atoms with Gasteiger partial charge in [0.25, 0.3) is 10.1 Å². The van der Waals surface area contributed by atoms with E-state index in [4.69, 9.17) is 8.60 Å². The molecule has 1 atom stereocenters. The lowest BCUT2D eigenvalue weighted by molar-refractivity contribution is 0.210. The van der Waals surface area contributed by atoms with Crippen LogP contribution in [0.15, 0.2) is 51.5 Å². The Balaban J connectivity index is 2.02. The molecular formula is C19H24N2O4S. The van der Waals surface area contributed by atoms with Crippen LogP contribution in [0.2, 0.25) is 0 Å². The van der Waals surface area contributed by atoms with Crippen molar-refractivity contribution < 1.29 is 17.0 Å². The predicted octanol–water partition coefficient (Wildman–Crippen LogP) is 3.24. The van der Waals surface area contributed by atoms with Crippen LogP contribution in [0, 0.1) is 13.8 Å². The summed E-state index contributed by atoms with van der Waals surface area (Å²) >= 11 is 0. The molecule has 6 nitrogen and oxygen atoms in total. The molecule has 0 saturated heterocycles. The normalized spacial score (nSPS) is 15.7. The molecule has 7 heteroatoms. The monoisotopic (exact) mass is 376 g/mol. The van der Waals surface area contributed by atoms with E-state index in [0.29, 0.717) is 13.1 Å². The van der Waals surface area contributed by atoms with Gasteiger partial charge in [0.05, 0.1) is 17.3 Å². The van der Waals surface area contributed by atoms with Crippen molar-refractivity contribution >= 4 is 10.1 Å². The van der Waals surface area contributed by atoms with E-state index in [2.05, 4.69) is 5.32 Å². The molecule has 0 radical (unpaired) electrons. The lowest BCUT2D eigenvalue weighted by Gasteiger charge is -2.24. The molecule has 1 aliphatic heterocycles. The number of nitrogens with one attached hydrogen (secondary N) is 1. The van der Waals surface area contributed by atoms with Crippen LogP contribution in [0.4, 0.5) is 0 Å². The van der Waals surface area contributed by atoms with Gasteiger partial charge in [-0.2, -0.15) is 8.42 Å². The van der Waals surface area contributed by atoms with Crippen LogP contribution < -0.4 is 5.32 Å². The minimum Gasteiger partial charge on any atom is -0.466 e. The first-order chi connectivity index (χ1) is 12.3. The first-order valence-electron chi connectivity index (χ1n) is 8.55. The van der Waals surface area contributed by atoms with E-state index in [1.165, 1.54) is 0 Å². The Kier molecular flexibility index (Phi) is 5.11. The van der Waals surface area contributed by atoms with Gasteiger partial charge >= 0.3 is 0 Å². The third-order valence-electron chi connectivity index (χ3n) is 4.39. The van der Waals surface area contributed by atoms with Crippen molar-refractivity contribution in [2.75, 3.05) is 13.7 Å². The third-order valence-corrected chi connectivity index (χ3v) is 5.68. The van der Waals surface area contributed by atoms with Crippen LogP contribution in [0.5, 0.6) is 0 Å². The van der Waals surface area contributed by atoms with Gasteiger partial charge in [-0.05, 0) is 32.0 Å². The second-order valence-corrected chi connectivity index (χ2v) is 8.03. The third kappa shape index (κ3) is 3.64. The van der Waals surface area contributed by atoms with Crippen molar-refractivity contribution in [3.05, 3.63) is 64.9 Å². The second-order valence-electron chi connectivity index (χ2n) is 6.46. The largest absolute Gasteiger partial charge is 0.466 e. The molecule has 0 amide bonds. The molecule has 0 bridgehead atoms. The summed E-state index contributed by atoms with van der Waals surface area (Å²) in [5, 5.41) is 3.11. The highest BCUT2D eigenvalue weighted by atomic mass is 32.2. The minimum absolute atomic E-state index is 0.139. The van der Waals surface area contributed by atoms with Crippen LogP contribution in [0.3, 0.4) is 0 Å². The zero-order valence-electron chi connectivity index (χ0n) is 15.4. The summed E-state index contributed by atoms with van der Waals surface area (Å²) in [6.45, 7) is 6.32. The topological polar surface area (TPSA) is 71.8 Å². The standard InChI is InChI=1S/C19H24N2O4S/c1-5-18-16(10-14(3)24-18)19(17-11-20-12-21(17)4)25-26(22,23)15-8-6-13(2)7-9-15/h6-11,19-20H,5,12H2,1-4H3. The van der Waals surface area contributed by atoms with Gasteiger partial charge < -0.3 is 14.6 Å². The predicted molar refractivity (Wildman–Crippen MR) is 98.9 cm³/mol. The molecule has 0 saturated carbocycles. The van der Waals surface area contributed by atoms with Crippen molar-refractivity contribution in [2.24, 2.45) is 0 Å². The van der Waals surface area contributed by atoms with Crippen molar-refractivity contribution in [1.82, 2.24) is 10.2 Å². The molecule has 26 heavy (non-hydrogen) atoms. The van der Waals surface area contributed by atoms with E-state index in [1.807, 2.05) is 38.8 Å². The zero-order chi connectivity index (χ0) is 18.9. The van der Waals surface area contributed by atoms with Crippen LogP contribution in [0.1, 0.15) is 35.7 Å². The number of rotatable bonds is 6. The Morgan fingerprint density at radius 3 is 2.54 bits per heavy atom. The Bertz CT molecular complexity index is 914. The van der Waals surface area contributed by atoms with Gasteiger partial charge in [-0.15, -0.1) is 0 Å². The fourth-order valence-electron chi connectivity index (χ4n) is 2.99. The van der Waals surface area contributed by atoms with Crippen molar-refractivity contribution in [3.63, 3.8) is 0 Å². The average Bonchev–Trinajstić information content (AvgIpc) is 3.18. The fraction of sp³-hybridized carbons (Fsp3) is 0.368. The van der Waals surface area contributed by atoms with E-state index in [0.717, 1.165) is 28.3 Å². The molecule has 3 rings (SSSR count). The van der Waals surface area contributed by atoms with Gasteiger partial charge in [0, 0.05) is 25.2 Å². The zero-order valence-corrected chi connectivity index (χ0v) is 16.3. The SMILES string of the molecule is CCc1oc(C)cc1C(OS(=O)(=O)c1ccc(C)cc1)C1=CNCN1C. The van der Waals surface area contributed by atoms with E-state index in [-0.39, 0.29) is 4.90 Å².